The third-order valence-electron chi connectivity index (χ3n) is 8.88. The van der Waals surface area contributed by atoms with Crippen LogP contribution < -0.4 is 4.31 Å². The van der Waals surface area contributed by atoms with Gasteiger partial charge in [-0.2, -0.15) is 0 Å². The van der Waals surface area contributed by atoms with Crippen LogP contribution in [0.5, 0.6) is 0 Å². The lowest BCUT2D eigenvalue weighted by atomic mass is 9.74. The van der Waals surface area contributed by atoms with Gasteiger partial charge in [0.25, 0.3) is 0 Å². The number of hydrogen-bond acceptors (Lipinski definition) is 4. The molecule has 8 heteroatoms. The van der Waals surface area contributed by atoms with Crippen LogP contribution in [0.4, 0.5) is 5.69 Å². The van der Waals surface area contributed by atoms with Gasteiger partial charge < -0.3 is 4.90 Å². The molecule has 1 spiro atoms. The standard InChI is InChI=1S/C33H38Cl2N2O3S/c1-23-18-24(2)20-27(19-23)32(38)11-9-25(26-8-10-29(34)30(35)21-26)12-15-36-16-13-33(14-17-36)22-37(41(3,39)40)31-7-5-4-6-28(31)33/h4-8,10,18-21,25H,9,11-17,22H2,1-3H3. The van der Waals surface area contributed by atoms with E-state index in [9.17, 15) is 13.2 Å². The number of fused-ring (bicyclic) bond motifs is 2. The van der Waals surface area contributed by atoms with Gasteiger partial charge in [-0.3, -0.25) is 9.10 Å². The summed E-state index contributed by atoms with van der Waals surface area (Å²) in [4.78, 5) is 15.6. The number of benzene rings is 3. The van der Waals surface area contributed by atoms with Crippen LogP contribution in [0, 0.1) is 13.8 Å². The molecule has 0 aliphatic carbocycles. The van der Waals surface area contributed by atoms with Gasteiger partial charge in [-0.1, -0.05) is 64.7 Å². The average molecular weight is 614 g/mol. The highest BCUT2D eigenvalue weighted by molar-refractivity contribution is 7.92. The van der Waals surface area contributed by atoms with Gasteiger partial charge in [-0.15, -0.1) is 0 Å². The zero-order valence-electron chi connectivity index (χ0n) is 24.0. The Labute approximate surface area is 254 Å². The molecular formula is C33H38Cl2N2O3S. The van der Waals surface area contributed by atoms with Crippen molar-refractivity contribution in [2.45, 2.75) is 57.3 Å². The minimum Gasteiger partial charge on any atom is -0.303 e. The highest BCUT2D eigenvalue weighted by Crippen LogP contribution is 2.48. The molecule has 5 rings (SSSR count). The quantitative estimate of drug-likeness (QED) is 0.234. The second-order valence-corrected chi connectivity index (χ2v) is 14.6. The first-order chi connectivity index (χ1) is 19.4. The van der Waals surface area contributed by atoms with Crippen LogP contribution in [-0.2, 0) is 15.4 Å². The summed E-state index contributed by atoms with van der Waals surface area (Å²) >= 11 is 12.6. The summed E-state index contributed by atoms with van der Waals surface area (Å²) < 4.78 is 26.7. The minimum atomic E-state index is -3.33. The van der Waals surface area contributed by atoms with Crippen LogP contribution in [0.1, 0.15) is 70.6 Å². The topological polar surface area (TPSA) is 57.7 Å². The number of piperidine rings is 1. The second-order valence-electron chi connectivity index (χ2n) is 11.9. The van der Waals surface area contributed by atoms with Crippen LogP contribution in [0.3, 0.4) is 0 Å². The summed E-state index contributed by atoms with van der Waals surface area (Å²) in [6, 6.07) is 19.8. The van der Waals surface area contributed by atoms with Gasteiger partial charge in [-0.05, 0) is 107 Å². The van der Waals surface area contributed by atoms with Crippen molar-refractivity contribution in [3.63, 3.8) is 0 Å². The number of ketones is 1. The van der Waals surface area contributed by atoms with Crippen LogP contribution in [0.2, 0.25) is 10.0 Å². The summed E-state index contributed by atoms with van der Waals surface area (Å²) in [5, 5.41) is 1.06. The molecule has 0 N–H and O–H groups in total. The Balaban J connectivity index is 1.26. The molecule has 3 aromatic rings. The zero-order chi connectivity index (χ0) is 29.4. The van der Waals surface area contributed by atoms with Crippen molar-refractivity contribution in [1.29, 1.82) is 0 Å². The Morgan fingerprint density at radius 1 is 0.927 bits per heavy atom. The lowest BCUT2D eigenvalue weighted by Crippen LogP contribution is -2.46. The van der Waals surface area contributed by atoms with E-state index in [4.69, 9.17) is 23.2 Å². The van der Waals surface area contributed by atoms with Gasteiger partial charge in [0.05, 0.1) is 22.0 Å². The van der Waals surface area contributed by atoms with Crippen LogP contribution in [0.15, 0.2) is 60.7 Å². The number of halogens is 2. The number of nitrogens with zero attached hydrogens (tertiary/aromatic N) is 2. The van der Waals surface area contributed by atoms with Crippen molar-refractivity contribution < 1.29 is 13.2 Å². The van der Waals surface area contributed by atoms with Crippen molar-refractivity contribution in [2.75, 3.05) is 36.7 Å². The van der Waals surface area contributed by atoms with Crippen LogP contribution in [-0.4, -0.2) is 51.5 Å². The smallest absolute Gasteiger partial charge is 0.232 e. The molecule has 0 aromatic heterocycles. The molecule has 1 saturated heterocycles. The van der Waals surface area contributed by atoms with Crippen molar-refractivity contribution in [1.82, 2.24) is 4.90 Å². The largest absolute Gasteiger partial charge is 0.303 e. The average Bonchev–Trinajstić information content (AvgIpc) is 3.25. The molecule has 218 valence electrons. The van der Waals surface area contributed by atoms with E-state index in [1.165, 1.54) is 6.26 Å². The first-order valence-electron chi connectivity index (χ1n) is 14.3. The molecule has 0 radical (unpaired) electrons. The Kier molecular flexibility index (Phi) is 8.87. The third kappa shape index (κ3) is 6.67. The number of anilines is 1. The SMILES string of the molecule is Cc1cc(C)cc(C(=O)CCC(CCN2CCC3(CC2)CN(S(C)(=O)=O)c2ccccc23)c2ccc(Cl)c(Cl)c2)c1. The maximum absolute atomic E-state index is 13.1. The Bertz CT molecular complexity index is 1530. The number of Topliss-reactive ketones (excluding diaryl/α,β-unsaturated/α-hetero) is 1. The van der Waals surface area contributed by atoms with Gasteiger partial charge in [0.2, 0.25) is 10.0 Å². The van der Waals surface area contributed by atoms with E-state index < -0.39 is 10.0 Å². The van der Waals surface area contributed by atoms with Gasteiger partial charge in [0.1, 0.15) is 0 Å². The molecular weight excluding hydrogens is 575 g/mol. The fraction of sp³-hybridized carbons (Fsp3) is 0.424. The van der Waals surface area contributed by atoms with E-state index in [2.05, 4.69) is 17.0 Å². The Hall–Kier alpha value is -2.38. The minimum absolute atomic E-state index is 0.141. The number of carbonyl (C=O) groups excluding carboxylic acids is 1. The first-order valence-corrected chi connectivity index (χ1v) is 16.9. The molecule has 2 aliphatic rings. The molecule has 2 aliphatic heterocycles. The van der Waals surface area contributed by atoms with E-state index in [-0.39, 0.29) is 17.1 Å². The maximum Gasteiger partial charge on any atom is 0.232 e. The predicted molar refractivity (Wildman–Crippen MR) is 169 cm³/mol. The molecule has 1 atom stereocenters. The lowest BCUT2D eigenvalue weighted by Gasteiger charge is -2.40. The monoisotopic (exact) mass is 612 g/mol. The predicted octanol–water partition coefficient (Wildman–Crippen LogP) is 7.56. The van der Waals surface area contributed by atoms with E-state index >= 15 is 0 Å². The number of rotatable bonds is 9. The fourth-order valence-corrected chi connectivity index (χ4v) is 7.99. The van der Waals surface area contributed by atoms with E-state index in [1.54, 1.807) is 4.31 Å². The van der Waals surface area contributed by atoms with Gasteiger partial charge in [0, 0.05) is 23.9 Å². The number of carbonyl (C=O) groups is 1. The van der Waals surface area contributed by atoms with E-state index in [1.807, 2.05) is 62.4 Å². The Morgan fingerprint density at radius 3 is 2.27 bits per heavy atom. The van der Waals surface area contributed by atoms with Crippen molar-refractivity contribution in [3.8, 4) is 0 Å². The number of likely N-dealkylation sites (tertiary alicyclic amines) is 1. The summed E-state index contributed by atoms with van der Waals surface area (Å²) in [6.45, 7) is 7.27. The summed E-state index contributed by atoms with van der Waals surface area (Å²) in [7, 11) is -3.33. The first kappa shape index (κ1) is 30.1. The molecule has 0 amide bonds. The highest BCUT2D eigenvalue weighted by Gasteiger charge is 2.46. The summed E-state index contributed by atoms with van der Waals surface area (Å²) in [6.07, 6.45) is 5.23. The third-order valence-corrected chi connectivity index (χ3v) is 10.7. The van der Waals surface area contributed by atoms with Crippen molar-refractivity contribution in [2.24, 2.45) is 0 Å². The molecule has 1 unspecified atom stereocenters. The molecule has 0 bridgehead atoms. The molecule has 2 heterocycles. The molecule has 41 heavy (non-hydrogen) atoms. The van der Waals surface area contributed by atoms with Crippen LogP contribution >= 0.6 is 23.2 Å². The highest BCUT2D eigenvalue weighted by atomic mass is 35.5. The van der Waals surface area contributed by atoms with E-state index in [0.29, 0.717) is 23.0 Å². The molecule has 5 nitrogen and oxygen atoms in total. The van der Waals surface area contributed by atoms with Crippen molar-refractivity contribution >= 4 is 44.7 Å². The van der Waals surface area contributed by atoms with Gasteiger partial charge >= 0.3 is 0 Å². The summed E-state index contributed by atoms with van der Waals surface area (Å²) in [5.74, 6) is 0.334. The number of sulfonamides is 1. The van der Waals surface area contributed by atoms with Gasteiger partial charge in [0.15, 0.2) is 5.78 Å². The van der Waals surface area contributed by atoms with Crippen LogP contribution in [0.25, 0.3) is 0 Å². The summed E-state index contributed by atoms with van der Waals surface area (Å²) in [5.41, 5.74) is 5.92. The number of para-hydroxylation sites is 1. The number of hydrogen-bond donors (Lipinski definition) is 0. The zero-order valence-corrected chi connectivity index (χ0v) is 26.3. The number of aryl methyl sites for hydroxylation is 2. The van der Waals surface area contributed by atoms with Gasteiger partial charge in [-0.25, -0.2) is 8.42 Å². The normalized spacial score (nSPS) is 17.5. The fourth-order valence-electron chi connectivity index (χ4n) is 6.68. The molecule has 3 aromatic carbocycles. The van der Waals surface area contributed by atoms with E-state index in [0.717, 1.165) is 78.8 Å². The molecule has 1 fully saturated rings. The Morgan fingerprint density at radius 2 is 1.61 bits per heavy atom. The second kappa shape index (κ2) is 12.1. The maximum atomic E-state index is 13.1. The van der Waals surface area contributed by atoms with Crippen molar-refractivity contribution in [3.05, 3.63) is 98.5 Å². The lowest BCUT2D eigenvalue weighted by molar-refractivity contribution is 0.0975. The molecule has 0 saturated carbocycles.